The van der Waals surface area contributed by atoms with Gasteiger partial charge in [-0.2, -0.15) is 0 Å². The summed E-state index contributed by atoms with van der Waals surface area (Å²) < 4.78 is 19.3. The summed E-state index contributed by atoms with van der Waals surface area (Å²) in [6.45, 7) is 6.74. The normalized spacial score (nSPS) is 19.3. The number of morpholine rings is 1. The molecule has 1 fully saturated rings. The van der Waals surface area contributed by atoms with Gasteiger partial charge in [-0.1, -0.05) is 35.9 Å². The highest BCUT2D eigenvalue weighted by Crippen LogP contribution is 2.19. The summed E-state index contributed by atoms with van der Waals surface area (Å²) >= 11 is 5.62. The van der Waals surface area contributed by atoms with E-state index in [1.807, 2.05) is 24.3 Å². The first-order chi connectivity index (χ1) is 14.3. The van der Waals surface area contributed by atoms with Crippen LogP contribution >= 0.6 is 11.6 Å². The predicted octanol–water partition coefficient (Wildman–Crippen LogP) is 3.34. The molecular formula is C22H25ClFN3O3. The number of carbonyl (C=O) groups is 2. The van der Waals surface area contributed by atoms with Crippen LogP contribution in [0.1, 0.15) is 25.0 Å². The molecule has 2 unspecified atom stereocenters. The van der Waals surface area contributed by atoms with Crippen molar-refractivity contribution < 1.29 is 18.7 Å². The van der Waals surface area contributed by atoms with Crippen molar-refractivity contribution in [2.75, 3.05) is 18.4 Å². The number of amides is 2. The summed E-state index contributed by atoms with van der Waals surface area (Å²) in [7, 11) is 0. The lowest BCUT2D eigenvalue weighted by Crippen LogP contribution is -2.45. The van der Waals surface area contributed by atoms with Crippen molar-refractivity contribution in [3.8, 4) is 0 Å². The Morgan fingerprint density at radius 1 is 1.10 bits per heavy atom. The predicted molar refractivity (Wildman–Crippen MR) is 114 cm³/mol. The van der Waals surface area contributed by atoms with Gasteiger partial charge < -0.3 is 15.4 Å². The minimum absolute atomic E-state index is 0.0573. The van der Waals surface area contributed by atoms with Crippen LogP contribution in [0.5, 0.6) is 0 Å². The molecule has 2 amide bonds. The molecule has 0 spiro atoms. The SMILES string of the molecule is CC1CN(Cc2ccccc2CNC(=O)C(=O)Nc2ccc(Cl)c(F)c2)CC(C)O1. The van der Waals surface area contributed by atoms with Crippen molar-refractivity contribution in [1.82, 2.24) is 10.2 Å². The van der Waals surface area contributed by atoms with Gasteiger partial charge in [-0.3, -0.25) is 14.5 Å². The fourth-order valence-electron chi connectivity index (χ4n) is 3.56. The second-order valence-electron chi connectivity index (χ2n) is 7.49. The molecule has 8 heteroatoms. The van der Waals surface area contributed by atoms with Crippen molar-refractivity contribution in [1.29, 1.82) is 0 Å². The summed E-state index contributed by atoms with van der Waals surface area (Å²) in [4.78, 5) is 26.6. The van der Waals surface area contributed by atoms with Gasteiger partial charge in [-0.25, -0.2) is 4.39 Å². The number of nitrogens with one attached hydrogen (secondary N) is 2. The molecule has 2 atom stereocenters. The minimum atomic E-state index is -0.870. The molecular weight excluding hydrogens is 409 g/mol. The summed E-state index contributed by atoms with van der Waals surface area (Å²) in [6.07, 6.45) is 0.337. The Kier molecular flexibility index (Phi) is 7.42. The number of nitrogens with zero attached hydrogens (tertiary/aromatic N) is 1. The number of benzene rings is 2. The molecule has 0 radical (unpaired) electrons. The number of rotatable bonds is 5. The van der Waals surface area contributed by atoms with Gasteiger partial charge in [0.25, 0.3) is 0 Å². The fraction of sp³-hybridized carbons (Fsp3) is 0.364. The molecule has 6 nitrogen and oxygen atoms in total. The average Bonchev–Trinajstić information content (AvgIpc) is 2.69. The van der Waals surface area contributed by atoms with E-state index in [-0.39, 0.29) is 29.5 Å². The topological polar surface area (TPSA) is 70.7 Å². The lowest BCUT2D eigenvalue weighted by atomic mass is 10.1. The molecule has 0 bridgehead atoms. The van der Waals surface area contributed by atoms with E-state index in [1.165, 1.54) is 12.1 Å². The van der Waals surface area contributed by atoms with E-state index in [1.54, 1.807) is 0 Å². The number of carbonyl (C=O) groups excluding carboxylic acids is 2. The summed E-state index contributed by atoms with van der Waals surface area (Å²) in [6, 6.07) is 11.6. The van der Waals surface area contributed by atoms with Gasteiger partial charge in [-0.15, -0.1) is 0 Å². The zero-order valence-electron chi connectivity index (χ0n) is 17.0. The van der Waals surface area contributed by atoms with E-state index in [0.29, 0.717) is 0 Å². The second-order valence-corrected chi connectivity index (χ2v) is 7.89. The molecule has 3 rings (SSSR count). The molecule has 0 aromatic heterocycles. The van der Waals surface area contributed by atoms with Crippen molar-refractivity contribution in [2.45, 2.75) is 39.1 Å². The number of ether oxygens (including phenoxy) is 1. The van der Waals surface area contributed by atoms with Crippen LogP contribution in [0.4, 0.5) is 10.1 Å². The maximum Gasteiger partial charge on any atom is 0.313 e. The molecule has 0 saturated carbocycles. The van der Waals surface area contributed by atoms with Crippen molar-refractivity contribution in [3.63, 3.8) is 0 Å². The Hall–Kier alpha value is -2.48. The Labute approximate surface area is 180 Å². The summed E-state index contributed by atoms with van der Waals surface area (Å²) in [5.41, 5.74) is 2.18. The largest absolute Gasteiger partial charge is 0.373 e. The maximum absolute atomic E-state index is 13.5. The van der Waals surface area contributed by atoms with Gasteiger partial charge in [0.1, 0.15) is 5.82 Å². The van der Waals surface area contributed by atoms with Crippen molar-refractivity contribution in [3.05, 3.63) is 64.4 Å². The Bertz CT molecular complexity index is 914. The fourth-order valence-corrected chi connectivity index (χ4v) is 3.67. The van der Waals surface area contributed by atoms with Crippen LogP contribution in [0.2, 0.25) is 5.02 Å². The molecule has 0 aliphatic carbocycles. The highest BCUT2D eigenvalue weighted by molar-refractivity contribution is 6.39. The molecule has 1 aliphatic rings. The highest BCUT2D eigenvalue weighted by atomic mass is 35.5. The third kappa shape index (κ3) is 6.01. The molecule has 2 aromatic carbocycles. The molecule has 30 heavy (non-hydrogen) atoms. The van der Waals surface area contributed by atoms with E-state index < -0.39 is 17.6 Å². The van der Waals surface area contributed by atoms with Crippen LogP contribution in [0.3, 0.4) is 0 Å². The molecule has 1 saturated heterocycles. The van der Waals surface area contributed by atoms with E-state index in [0.717, 1.165) is 36.8 Å². The number of halogens is 2. The second kappa shape index (κ2) is 10.0. The number of hydrogen-bond acceptors (Lipinski definition) is 4. The Balaban J connectivity index is 1.58. The molecule has 1 heterocycles. The quantitative estimate of drug-likeness (QED) is 0.709. The van der Waals surface area contributed by atoms with Crippen LogP contribution in [-0.4, -0.2) is 42.0 Å². The summed E-state index contributed by atoms with van der Waals surface area (Å²) in [5, 5.41) is 4.93. The van der Waals surface area contributed by atoms with E-state index in [4.69, 9.17) is 16.3 Å². The van der Waals surface area contributed by atoms with Gasteiger partial charge in [-0.05, 0) is 43.2 Å². The van der Waals surface area contributed by atoms with E-state index in [2.05, 4.69) is 29.4 Å². The smallest absolute Gasteiger partial charge is 0.313 e. The van der Waals surface area contributed by atoms with Crippen LogP contribution in [0, 0.1) is 5.82 Å². The molecule has 1 aliphatic heterocycles. The van der Waals surface area contributed by atoms with Crippen LogP contribution in [-0.2, 0) is 27.4 Å². The van der Waals surface area contributed by atoms with Gasteiger partial charge in [0.05, 0.1) is 17.2 Å². The Morgan fingerprint density at radius 3 is 2.43 bits per heavy atom. The first-order valence-electron chi connectivity index (χ1n) is 9.80. The first-order valence-corrected chi connectivity index (χ1v) is 10.2. The van der Waals surface area contributed by atoms with Crippen LogP contribution in [0.15, 0.2) is 42.5 Å². The molecule has 2 N–H and O–H groups in total. The average molecular weight is 434 g/mol. The van der Waals surface area contributed by atoms with Gasteiger partial charge in [0, 0.05) is 31.9 Å². The van der Waals surface area contributed by atoms with Crippen LogP contribution in [0.25, 0.3) is 0 Å². The number of hydrogen-bond donors (Lipinski definition) is 2. The van der Waals surface area contributed by atoms with E-state index >= 15 is 0 Å². The van der Waals surface area contributed by atoms with Crippen molar-refractivity contribution >= 4 is 29.1 Å². The lowest BCUT2D eigenvalue weighted by molar-refractivity contribution is -0.136. The minimum Gasteiger partial charge on any atom is -0.373 e. The zero-order chi connectivity index (χ0) is 21.7. The third-order valence-electron chi connectivity index (χ3n) is 4.83. The number of anilines is 1. The zero-order valence-corrected chi connectivity index (χ0v) is 17.7. The maximum atomic E-state index is 13.5. The van der Waals surface area contributed by atoms with Crippen LogP contribution < -0.4 is 10.6 Å². The van der Waals surface area contributed by atoms with Gasteiger partial charge in [0.15, 0.2) is 0 Å². The highest BCUT2D eigenvalue weighted by Gasteiger charge is 2.23. The molecule has 160 valence electrons. The van der Waals surface area contributed by atoms with E-state index in [9.17, 15) is 14.0 Å². The standard InChI is InChI=1S/C22H25ClFN3O3/c1-14-11-27(12-15(2)30-14)13-17-6-4-3-5-16(17)10-25-21(28)22(29)26-18-7-8-19(23)20(24)9-18/h3-9,14-15H,10-13H2,1-2H3,(H,25,28)(H,26,29). The van der Waals surface area contributed by atoms with Gasteiger partial charge >= 0.3 is 11.8 Å². The monoisotopic (exact) mass is 433 g/mol. The first kappa shape index (κ1) is 22.2. The molecule has 2 aromatic rings. The summed E-state index contributed by atoms with van der Waals surface area (Å²) in [5.74, 6) is -2.34. The third-order valence-corrected chi connectivity index (χ3v) is 5.14. The van der Waals surface area contributed by atoms with Gasteiger partial charge in [0.2, 0.25) is 0 Å². The lowest BCUT2D eigenvalue weighted by Gasteiger charge is -2.35. The van der Waals surface area contributed by atoms with Crippen molar-refractivity contribution in [2.24, 2.45) is 0 Å². The Morgan fingerprint density at radius 2 is 1.77 bits per heavy atom.